The van der Waals surface area contributed by atoms with Gasteiger partial charge in [-0.25, -0.2) is 4.98 Å². The van der Waals surface area contributed by atoms with Gasteiger partial charge in [0.1, 0.15) is 11.6 Å². The third-order valence-corrected chi connectivity index (χ3v) is 3.54. The molecule has 0 aliphatic heterocycles. The first-order valence-electron chi connectivity index (χ1n) is 7.91. The summed E-state index contributed by atoms with van der Waals surface area (Å²) in [5, 5.41) is 3.26. The van der Waals surface area contributed by atoms with Crippen molar-refractivity contribution in [3.05, 3.63) is 42.1 Å². The van der Waals surface area contributed by atoms with Crippen LogP contribution in [0.4, 0.5) is 17.2 Å². The zero-order valence-electron chi connectivity index (χ0n) is 13.4. The average Bonchev–Trinajstić information content (AvgIpc) is 2.52. The molecule has 2 aromatic rings. The fourth-order valence-electron chi connectivity index (χ4n) is 2.14. The van der Waals surface area contributed by atoms with Gasteiger partial charge < -0.3 is 15.8 Å². The average molecular weight is 299 g/mol. The van der Waals surface area contributed by atoms with Crippen LogP contribution >= 0.6 is 0 Å². The van der Waals surface area contributed by atoms with Gasteiger partial charge in [0.25, 0.3) is 0 Å². The van der Waals surface area contributed by atoms with Gasteiger partial charge in [0.15, 0.2) is 0 Å². The molecular formula is C18H25N3O. The number of nitrogens with two attached hydrogens (primary N) is 1. The van der Waals surface area contributed by atoms with E-state index in [1.54, 1.807) is 6.20 Å². The minimum Gasteiger partial charge on any atom is -0.494 e. The van der Waals surface area contributed by atoms with E-state index in [9.17, 15) is 0 Å². The van der Waals surface area contributed by atoms with Crippen LogP contribution in [0.2, 0.25) is 0 Å². The number of nitrogen functional groups attached to an aromatic ring is 1. The zero-order valence-corrected chi connectivity index (χ0v) is 13.4. The molecule has 22 heavy (non-hydrogen) atoms. The SMILES string of the molecule is CCCCCCOc1ccc(Nc2cc(C)c(N)cn2)cc1. The number of nitrogens with zero attached hydrogens (tertiary/aromatic N) is 1. The van der Waals surface area contributed by atoms with E-state index < -0.39 is 0 Å². The number of benzene rings is 1. The Morgan fingerprint density at radius 1 is 1.14 bits per heavy atom. The molecule has 1 heterocycles. The highest BCUT2D eigenvalue weighted by Crippen LogP contribution is 2.21. The molecular weight excluding hydrogens is 274 g/mol. The smallest absolute Gasteiger partial charge is 0.130 e. The number of pyridine rings is 1. The maximum Gasteiger partial charge on any atom is 0.130 e. The first-order valence-corrected chi connectivity index (χ1v) is 7.91. The maximum absolute atomic E-state index is 5.77. The summed E-state index contributed by atoms with van der Waals surface area (Å²) in [5.41, 5.74) is 8.48. The van der Waals surface area contributed by atoms with Crippen molar-refractivity contribution in [1.29, 1.82) is 0 Å². The normalized spacial score (nSPS) is 10.5. The van der Waals surface area contributed by atoms with Gasteiger partial charge in [-0.1, -0.05) is 26.2 Å². The first-order chi connectivity index (χ1) is 10.7. The summed E-state index contributed by atoms with van der Waals surface area (Å²) in [5.74, 6) is 1.70. The fourth-order valence-corrected chi connectivity index (χ4v) is 2.14. The highest BCUT2D eigenvalue weighted by atomic mass is 16.5. The van der Waals surface area contributed by atoms with Crippen molar-refractivity contribution in [2.24, 2.45) is 0 Å². The predicted molar refractivity (Wildman–Crippen MR) is 92.7 cm³/mol. The van der Waals surface area contributed by atoms with Crippen molar-refractivity contribution < 1.29 is 4.74 Å². The van der Waals surface area contributed by atoms with Crippen LogP contribution in [0.25, 0.3) is 0 Å². The van der Waals surface area contributed by atoms with Crippen LogP contribution in [-0.4, -0.2) is 11.6 Å². The summed E-state index contributed by atoms with van der Waals surface area (Å²) in [6, 6.07) is 9.88. The Kier molecular flexibility index (Phi) is 6.07. The molecule has 0 atom stereocenters. The zero-order chi connectivity index (χ0) is 15.8. The molecule has 3 N–H and O–H groups in total. The van der Waals surface area contributed by atoms with Gasteiger partial charge in [0, 0.05) is 5.69 Å². The second kappa shape index (κ2) is 8.27. The number of hydrogen-bond donors (Lipinski definition) is 2. The van der Waals surface area contributed by atoms with Crippen molar-refractivity contribution >= 4 is 17.2 Å². The lowest BCUT2D eigenvalue weighted by Crippen LogP contribution is -1.99. The Morgan fingerprint density at radius 3 is 2.59 bits per heavy atom. The Labute approximate surface area is 132 Å². The van der Waals surface area contributed by atoms with E-state index in [0.29, 0.717) is 5.69 Å². The van der Waals surface area contributed by atoms with E-state index in [1.165, 1.54) is 19.3 Å². The summed E-state index contributed by atoms with van der Waals surface area (Å²) in [4.78, 5) is 4.27. The number of unbranched alkanes of at least 4 members (excludes halogenated alkanes) is 3. The maximum atomic E-state index is 5.77. The Hall–Kier alpha value is -2.23. The number of hydrogen-bond acceptors (Lipinski definition) is 4. The topological polar surface area (TPSA) is 60.2 Å². The first kappa shape index (κ1) is 16.1. The lowest BCUT2D eigenvalue weighted by atomic mass is 10.2. The molecule has 0 saturated carbocycles. The molecule has 0 bridgehead atoms. The Morgan fingerprint density at radius 2 is 1.91 bits per heavy atom. The summed E-state index contributed by atoms with van der Waals surface area (Å²) in [7, 11) is 0. The van der Waals surface area contributed by atoms with Crippen LogP contribution in [0.1, 0.15) is 38.2 Å². The monoisotopic (exact) mass is 299 g/mol. The molecule has 0 spiro atoms. The second-order valence-corrected chi connectivity index (χ2v) is 5.48. The van der Waals surface area contributed by atoms with E-state index in [-0.39, 0.29) is 0 Å². The molecule has 0 unspecified atom stereocenters. The quantitative estimate of drug-likeness (QED) is 0.695. The molecule has 118 valence electrons. The third-order valence-electron chi connectivity index (χ3n) is 3.54. The minimum atomic E-state index is 0.706. The van der Waals surface area contributed by atoms with Crippen LogP contribution in [0.15, 0.2) is 36.5 Å². The summed E-state index contributed by atoms with van der Waals surface area (Å²) in [6.07, 6.45) is 6.55. The van der Waals surface area contributed by atoms with Crippen LogP contribution < -0.4 is 15.8 Å². The van der Waals surface area contributed by atoms with Crippen LogP contribution in [0, 0.1) is 6.92 Å². The minimum absolute atomic E-state index is 0.706. The van der Waals surface area contributed by atoms with E-state index in [2.05, 4.69) is 17.2 Å². The van der Waals surface area contributed by atoms with E-state index in [1.807, 2.05) is 37.3 Å². The number of rotatable bonds is 8. The van der Waals surface area contributed by atoms with Gasteiger partial charge >= 0.3 is 0 Å². The van der Waals surface area contributed by atoms with Crippen molar-refractivity contribution in [3.8, 4) is 5.75 Å². The van der Waals surface area contributed by atoms with Crippen LogP contribution in [0.3, 0.4) is 0 Å². The van der Waals surface area contributed by atoms with Gasteiger partial charge in [0.2, 0.25) is 0 Å². The predicted octanol–water partition coefficient (Wildman–Crippen LogP) is 4.67. The Bertz CT molecular complexity index is 581. The number of ether oxygens (including phenoxy) is 1. The molecule has 0 amide bonds. The van der Waals surface area contributed by atoms with E-state index in [0.717, 1.165) is 35.8 Å². The van der Waals surface area contributed by atoms with Gasteiger partial charge in [-0.15, -0.1) is 0 Å². The van der Waals surface area contributed by atoms with Crippen LogP contribution in [-0.2, 0) is 0 Å². The van der Waals surface area contributed by atoms with Gasteiger partial charge in [0.05, 0.1) is 18.5 Å². The van der Waals surface area contributed by atoms with Crippen molar-refractivity contribution in [1.82, 2.24) is 4.98 Å². The number of anilines is 3. The molecule has 0 fully saturated rings. The molecule has 4 heteroatoms. The summed E-state index contributed by atoms with van der Waals surface area (Å²) < 4.78 is 5.73. The largest absolute Gasteiger partial charge is 0.494 e. The number of aryl methyl sites for hydroxylation is 1. The summed E-state index contributed by atoms with van der Waals surface area (Å²) >= 11 is 0. The highest BCUT2D eigenvalue weighted by molar-refractivity contribution is 5.60. The van der Waals surface area contributed by atoms with E-state index >= 15 is 0 Å². The molecule has 0 aliphatic rings. The van der Waals surface area contributed by atoms with E-state index in [4.69, 9.17) is 10.5 Å². The lowest BCUT2D eigenvalue weighted by molar-refractivity contribution is 0.305. The van der Waals surface area contributed by atoms with Gasteiger partial charge in [-0.3, -0.25) is 0 Å². The molecule has 4 nitrogen and oxygen atoms in total. The second-order valence-electron chi connectivity index (χ2n) is 5.48. The molecule has 1 aromatic carbocycles. The molecule has 0 saturated heterocycles. The van der Waals surface area contributed by atoms with Crippen molar-refractivity contribution in [3.63, 3.8) is 0 Å². The molecule has 0 radical (unpaired) electrons. The number of nitrogens with one attached hydrogen (secondary N) is 1. The molecule has 2 rings (SSSR count). The number of aromatic nitrogens is 1. The molecule has 0 aliphatic carbocycles. The molecule has 1 aromatic heterocycles. The Balaban J connectivity index is 1.84. The van der Waals surface area contributed by atoms with Crippen LogP contribution in [0.5, 0.6) is 5.75 Å². The van der Waals surface area contributed by atoms with Crippen molar-refractivity contribution in [2.75, 3.05) is 17.7 Å². The highest BCUT2D eigenvalue weighted by Gasteiger charge is 2.00. The van der Waals surface area contributed by atoms with Crippen molar-refractivity contribution in [2.45, 2.75) is 39.5 Å². The summed E-state index contributed by atoms with van der Waals surface area (Å²) in [6.45, 7) is 4.97. The van der Waals surface area contributed by atoms with Gasteiger partial charge in [-0.2, -0.15) is 0 Å². The van der Waals surface area contributed by atoms with Gasteiger partial charge in [-0.05, 0) is 49.2 Å². The standard InChI is InChI=1S/C18H25N3O/c1-3-4-5-6-11-22-16-9-7-15(8-10-16)21-18-12-14(2)17(19)13-20-18/h7-10,12-13H,3-6,11,19H2,1-2H3,(H,20,21). The lowest BCUT2D eigenvalue weighted by Gasteiger charge is -2.09. The fraction of sp³-hybridized carbons (Fsp3) is 0.389. The third kappa shape index (κ3) is 4.95.